The Morgan fingerprint density at radius 1 is 1.78 bits per heavy atom. The number of carbonyl (C=O) groups is 1. The van der Waals surface area contributed by atoms with Crippen LogP contribution in [0.25, 0.3) is 0 Å². The summed E-state index contributed by atoms with van der Waals surface area (Å²) < 4.78 is 0. The summed E-state index contributed by atoms with van der Waals surface area (Å²) in [7, 11) is 0. The highest BCUT2D eigenvalue weighted by Crippen LogP contribution is 1.80. The largest absolute Gasteiger partial charge is 0.368 e. The Balaban J connectivity index is 0. The summed E-state index contributed by atoms with van der Waals surface area (Å²) in [6.45, 7) is 0. The second-order valence-corrected chi connectivity index (χ2v) is 1.42. The third kappa shape index (κ3) is 5.15. The maximum absolute atomic E-state index is 10.1. The summed E-state index contributed by atoms with van der Waals surface area (Å²) in [5.41, 5.74) is 9.87. The molecule has 0 aromatic heterocycles. The second kappa shape index (κ2) is 5.42. The third-order valence-electron chi connectivity index (χ3n) is 0.703. The van der Waals surface area contributed by atoms with E-state index < -0.39 is 11.9 Å². The number of carbonyl (C=O) groups excluding carboxylic acids is 1. The van der Waals surface area contributed by atoms with Crippen molar-refractivity contribution in [2.24, 2.45) is 11.5 Å². The smallest absolute Gasteiger partial charge is 0.235 e. The maximum atomic E-state index is 10.1. The fourth-order valence-corrected chi connectivity index (χ4v) is 0.228. The zero-order valence-corrected chi connectivity index (χ0v) is 5.65. The van der Waals surface area contributed by atoms with Crippen molar-refractivity contribution >= 4 is 18.3 Å². The lowest BCUT2D eigenvalue weighted by Crippen LogP contribution is -2.35. The van der Waals surface area contributed by atoms with Crippen LogP contribution in [-0.2, 0) is 4.79 Å². The Hall–Kier alpha value is -0.720. The summed E-state index contributed by atoms with van der Waals surface area (Å²) in [6, 6.07) is -0.681. The van der Waals surface area contributed by atoms with Crippen LogP contribution in [0.1, 0.15) is 6.42 Å². The Labute approximate surface area is 60.2 Å². The van der Waals surface area contributed by atoms with E-state index >= 15 is 0 Å². The molecule has 9 heavy (non-hydrogen) atoms. The number of halogens is 1. The maximum Gasteiger partial charge on any atom is 0.235 e. The van der Waals surface area contributed by atoms with E-state index in [1.807, 2.05) is 0 Å². The quantitative estimate of drug-likeness (QED) is 0.506. The molecule has 1 unspecified atom stereocenters. The molecule has 0 aliphatic heterocycles. The standard InChI is InChI=1S/C5H8N2O.ClH/c1-2-3-4(6)5(7)8;/h1,4H,3,6H2,(H2,7,8);1H. The predicted octanol–water partition coefficient (Wildman–Crippen LogP) is -0.756. The highest BCUT2D eigenvalue weighted by atomic mass is 35.5. The zero-order valence-electron chi connectivity index (χ0n) is 4.83. The molecule has 52 valence electrons. The van der Waals surface area contributed by atoms with Crippen molar-refractivity contribution in [2.45, 2.75) is 12.5 Å². The van der Waals surface area contributed by atoms with Gasteiger partial charge in [0, 0.05) is 6.42 Å². The Morgan fingerprint density at radius 2 is 2.22 bits per heavy atom. The number of hydrogen-bond acceptors (Lipinski definition) is 2. The van der Waals surface area contributed by atoms with E-state index in [2.05, 4.69) is 5.92 Å². The van der Waals surface area contributed by atoms with Gasteiger partial charge in [-0.1, -0.05) is 0 Å². The lowest BCUT2D eigenvalue weighted by atomic mass is 10.2. The van der Waals surface area contributed by atoms with Gasteiger partial charge >= 0.3 is 0 Å². The van der Waals surface area contributed by atoms with Gasteiger partial charge in [-0.25, -0.2) is 0 Å². The van der Waals surface area contributed by atoms with Crippen molar-refractivity contribution < 1.29 is 4.79 Å². The average Bonchev–Trinajstić information content (AvgIpc) is 1.67. The van der Waals surface area contributed by atoms with Crippen LogP contribution in [0.4, 0.5) is 0 Å². The molecule has 4 N–H and O–H groups in total. The number of hydrogen-bond donors (Lipinski definition) is 2. The molecule has 0 aliphatic carbocycles. The van der Waals surface area contributed by atoms with Gasteiger partial charge in [0.15, 0.2) is 0 Å². The molecule has 0 spiro atoms. The van der Waals surface area contributed by atoms with Crippen LogP contribution in [0.3, 0.4) is 0 Å². The number of terminal acetylenes is 1. The molecular weight excluding hydrogens is 140 g/mol. The van der Waals surface area contributed by atoms with Crippen molar-refractivity contribution in [1.29, 1.82) is 0 Å². The lowest BCUT2D eigenvalue weighted by molar-refractivity contribution is -0.119. The van der Waals surface area contributed by atoms with E-state index in [-0.39, 0.29) is 18.8 Å². The summed E-state index contributed by atoms with van der Waals surface area (Å²) in [5, 5.41) is 0. The van der Waals surface area contributed by atoms with Gasteiger partial charge in [-0.15, -0.1) is 24.8 Å². The minimum atomic E-state index is -0.681. The molecule has 0 rings (SSSR count). The molecule has 0 saturated heterocycles. The molecule has 0 heterocycles. The molecule has 0 radical (unpaired) electrons. The van der Waals surface area contributed by atoms with Gasteiger partial charge < -0.3 is 11.5 Å². The van der Waals surface area contributed by atoms with Gasteiger partial charge in [-0.3, -0.25) is 4.79 Å². The van der Waals surface area contributed by atoms with Crippen molar-refractivity contribution in [3.63, 3.8) is 0 Å². The molecule has 0 aromatic rings. The van der Waals surface area contributed by atoms with Gasteiger partial charge in [0.05, 0.1) is 6.04 Å². The molecule has 0 aromatic carbocycles. The van der Waals surface area contributed by atoms with E-state index in [0.717, 1.165) is 0 Å². The fourth-order valence-electron chi connectivity index (χ4n) is 0.228. The predicted molar refractivity (Wildman–Crippen MR) is 37.9 cm³/mol. The average molecular weight is 149 g/mol. The molecule has 0 saturated carbocycles. The van der Waals surface area contributed by atoms with E-state index in [0.29, 0.717) is 0 Å². The van der Waals surface area contributed by atoms with Crippen LogP contribution in [-0.4, -0.2) is 11.9 Å². The molecular formula is C5H9ClN2O. The Bertz CT molecular complexity index is 129. The van der Waals surface area contributed by atoms with E-state index in [1.54, 1.807) is 0 Å². The topological polar surface area (TPSA) is 69.1 Å². The molecule has 1 atom stereocenters. The lowest BCUT2D eigenvalue weighted by Gasteiger charge is -1.98. The first kappa shape index (κ1) is 11.1. The van der Waals surface area contributed by atoms with Crippen molar-refractivity contribution in [1.82, 2.24) is 0 Å². The van der Waals surface area contributed by atoms with Crippen LogP contribution in [0.2, 0.25) is 0 Å². The highest BCUT2D eigenvalue weighted by molar-refractivity contribution is 5.85. The number of amides is 1. The summed E-state index contributed by atoms with van der Waals surface area (Å²) in [5.74, 6) is 1.67. The molecule has 0 fully saturated rings. The normalized spacial score (nSPS) is 10.7. The van der Waals surface area contributed by atoms with Gasteiger partial charge in [0.25, 0.3) is 0 Å². The monoisotopic (exact) mass is 148 g/mol. The van der Waals surface area contributed by atoms with Crippen LogP contribution in [0.15, 0.2) is 0 Å². The molecule has 3 nitrogen and oxygen atoms in total. The van der Waals surface area contributed by atoms with Crippen molar-refractivity contribution in [3.8, 4) is 12.3 Å². The fraction of sp³-hybridized carbons (Fsp3) is 0.400. The molecule has 4 heteroatoms. The minimum absolute atomic E-state index is 0. The molecule has 0 aliphatic rings. The summed E-state index contributed by atoms with van der Waals surface area (Å²) in [4.78, 5) is 10.1. The third-order valence-corrected chi connectivity index (χ3v) is 0.703. The van der Waals surface area contributed by atoms with E-state index in [1.165, 1.54) is 0 Å². The van der Waals surface area contributed by atoms with Crippen LogP contribution in [0, 0.1) is 12.3 Å². The molecule has 1 amide bonds. The summed E-state index contributed by atoms with van der Waals surface area (Å²) in [6.07, 6.45) is 5.05. The zero-order chi connectivity index (χ0) is 6.57. The number of nitrogens with two attached hydrogens (primary N) is 2. The highest BCUT2D eigenvalue weighted by Gasteiger charge is 2.04. The van der Waals surface area contributed by atoms with Gasteiger partial charge in [-0.05, 0) is 0 Å². The van der Waals surface area contributed by atoms with Gasteiger partial charge in [0.1, 0.15) is 0 Å². The minimum Gasteiger partial charge on any atom is -0.368 e. The van der Waals surface area contributed by atoms with Crippen LogP contribution >= 0.6 is 12.4 Å². The Morgan fingerprint density at radius 3 is 2.33 bits per heavy atom. The number of primary amides is 1. The SMILES string of the molecule is C#CCC(N)C(N)=O.Cl. The first-order valence-corrected chi connectivity index (χ1v) is 2.17. The van der Waals surface area contributed by atoms with Crippen LogP contribution < -0.4 is 11.5 Å². The van der Waals surface area contributed by atoms with Crippen molar-refractivity contribution in [3.05, 3.63) is 0 Å². The molecule has 0 bridgehead atoms. The van der Waals surface area contributed by atoms with Gasteiger partial charge in [-0.2, -0.15) is 0 Å². The van der Waals surface area contributed by atoms with Crippen LogP contribution in [0.5, 0.6) is 0 Å². The number of rotatable bonds is 2. The second-order valence-electron chi connectivity index (χ2n) is 1.42. The van der Waals surface area contributed by atoms with Gasteiger partial charge in [0.2, 0.25) is 5.91 Å². The first-order valence-electron chi connectivity index (χ1n) is 2.17. The summed E-state index contributed by atoms with van der Waals surface area (Å²) >= 11 is 0. The first-order chi connectivity index (χ1) is 3.68. The van der Waals surface area contributed by atoms with Crippen molar-refractivity contribution in [2.75, 3.05) is 0 Å². The Kier molecular flexibility index (Phi) is 6.70. The van der Waals surface area contributed by atoms with E-state index in [4.69, 9.17) is 17.9 Å². The van der Waals surface area contributed by atoms with E-state index in [9.17, 15) is 4.79 Å².